The number of aromatic hydroxyl groups is 1. The second kappa shape index (κ2) is 8.55. The Kier molecular flexibility index (Phi) is 5.28. The number of fused-ring (bicyclic) bond motifs is 1. The highest BCUT2D eigenvalue weighted by Gasteiger charge is 2.20. The molecule has 2 aliphatic heterocycles. The normalized spacial score (nSPS) is 11.0. The Morgan fingerprint density at radius 1 is 0.879 bits per heavy atom. The van der Waals surface area contributed by atoms with Crippen LogP contribution in [0.25, 0.3) is 17.1 Å². The summed E-state index contributed by atoms with van der Waals surface area (Å²) in [6, 6.07) is 23.6. The summed E-state index contributed by atoms with van der Waals surface area (Å²) in [6.07, 6.45) is 2.67. The summed E-state index contributed by atoms with van der Waals surface area (Å²) in [6.45, 7) is 0. The van der Waals surface area contributed by atoms with E-state index in [-0.39, 0.29) is 11.3 Å². The van der Waals surface area contributed by atoms with E-state index in [4.69, 9.17) is 0 Å². The van der Waals surface area contributed by atoms with Crippen LogP contribution in [0.1, 0.15) is 22.5 Å². The minimum absolute atomic E-state index is 0.176. The van der Waals surface area contributed by atoms with Gasteiger partial charge < -0.3 is 10.1 Å². The lowest BCUT2D eigenvalue weighted by Gasteiger charge is -2.13. The molecule has 33 heavy (non-hydrogen) atoms. The molecule has 162 valence electrons. The van der Waals surface area contributed by atoms with Crippen LogP contribution in [0.3, 0.4) is 0 Å². The number of hydrogen-bond donors (Lipinski definition) is 2. The van der Waals surface area contributed by atoms with Crippen molar-refractivity contribution in [1.82, 2.24) is 14.5 Å². The summed E-state index contributed by atoms with van der Waals surface area (Å²) in [5.74, 6) is 0.752. The number of H-pyrrole nitrogens is 1. The average Bonchev–Trinajstić information content (AvgIpc) is 3.16. The average molecular weight is 436 g/mol. The lowest BCUT2D eigenvalue weighted by Crippen LogP contribution is -2.17. The first-order valence-electron chi connectivity index (χ1n) is 10.5. The van der Waals surface area contributed by atoms with Gasteiger partial charge in [0, 0.05) is 19.0 Å². The molecule has 7 nitrogen and oxygen atoms in total. The number of hydrogen-bond acceptors (Lipinski definition) is 5. The third kappa shape index (κ3) is 4.16. The van der Waals surface area contributed by atoms with Crippen LogP contribution in [0, 0.1) is 4.91 Å². The lowest BCUT2D eigenvalue weighted by atomic mass is 10.1. The van der Waals surface area contributed by atoms with Gasteiger partial charge in [0.05, 0.1) is 11.4 Å². The van der Waals surface area contributed by atoms with Gasteiger partial charge in [0.25, 0.3) is 5.56 Å². The van der Waals surface area contributed by atoms with Gasteiger partial charge in [0.15, 0.2) is 5.82 Å². The minimum Gasteiger partial charge on any atom is -0.508 e. The molecule has 0 spiro atoms. The van der Waals surface area contributed by atoms with Crippen LogP contribution in [0.4, 0.5) is 5.69 Å². The number of nitrogens with one attached hydrogen (secondary N) is 1. The molecule has 0 amide bonds. The molecule has 2 N–H and O–H groups in total. The molecule has 7 heteroatoms. The summed E-state index contributed by atoms with van der Waals surface area (Å²) in [5.41, 5.74) is 4.94. The van der Waals surface area contributed by atoms with Crippen molar-refractivity contribution in [2.75, 3.05) is 0 Å². The number of rotatable bonds is 6. The number of imidazole rings is 1. The van der Waals surface area contributed by atoms with Gasteiger partial charge in [-0.3, -0.25) is 9.36 Å². The van der Waals surface area contributed by atoms with Crippen molar-refractivity contribution in [2.45, 2.75) is 12.8 Å². The predicted octanol–water partition coefficient (Wildman–Crippen LogP) is 4.95. The van der Waals surface area contributed by atoms with E-state index in [9.17, 15) is 14.8 Å². The van der Waals surface area contributed by atoms with Crippen molar-refractivity contribution in [3.63, 3.8) is 0 Å². The Labute approximate surface area is 189 Å². The summed E-state index contributed by atoms with van der Waals surface area (Å²) in [4.78, 5) is 32.1. The summed E-state index contributed by atoms with van der Waals surface area (Å²) < 4.78 is 1.58. The fraction of sp³-hybridized carbons (Fsp3) is 0.0769. The van der Waals surface area contributed by atoms with Gasteiger partial charge in [-0.25, -0.2) is 4.98 Å². The Morgan fingerprint density at radius 2 is 1.58 bits per heavy atom. The highest BCUT2D eigenvalue weighted by Crippen LogP contribution is 2.25. The summed E-state index contributed by atoms with van der Waals surface area (Å²) in [5, 5.41) is 12.6. The van der Waals surface area contributed by atoms with Crippen LogP contribution in [-0.4, -0.2) is 19.6 Å². The molecule has 0 aromatic heterocycles. The highest BCUT2D eigenvalue weighted by atomic mass is 16.3. The van der Waals surface area contributed by atoms with E-state index in [2.05, 4.69) is 15.1 Å². The second-order valence-corrected chi connectivity index (χ2v) is 7.85. The Bertz CT molecular complexity index is 1440. The van der Waals surface area contributed by atoms with E-state index < -0.39 is 0 Å². The smallest absolute Gasteiger partial charge is 0.278 e. The molecule has 3 aromatic carbocycles. The van der Waals surface area contributed by atoms with Crippen molar-refractivity contribution in [3.05, 3.63) is 123 Å². The number of nitroso groups, excluding NO2 is 1. The molecule has 0 atom stereocenters. The van der Waals surface area contributed by atoms with Gasteiger partial charge >= 0.3 is 0 Å². The number of benzene rings is 3. The van der Waals surface area contributed by atoms with E-state index in [1.165, 1.54) is 0 Å². The number of aromatic nitrogens is 3. The number of aromatic amines is 1. The quantitative estimate of drug-likeness (QED) is 0.368. The van der Waals surface area contributed by atoms with Crippen LogP contribution >= 0.6 is 0 Å². The largest absolute Gasteiger partial charge is 0.508 e. The first kappa shape index (κ1) is 20.4. The molecular formula is C26H20N4O3. The summed E-state index contributed by atoms with van der Waals surface area (Å²) >= 11 is 0. The topological polar surface area (TPSA) is 100 Å². The second-order valence-electron chi connectivity index (χ2n) is 7.85. The van der Waals surface area contributed by atoms with Crippen molar-refractivity contribution >= 4 is 5.69 Å². The zero-order valence-corrected chi connectivity index (χ0v) is 17.6. The number of phenolic OH excluding ortho intramolecular Hbond substituents is 1. The van der Waals surface area contributed by atoms with Gasteiger partial charge in [-0.05, 0) is 58.3 Å². The van der Waals surface area contributed by atoms with Gasteiger partial charge in [0.2, 0.25) is 0 Å². The van der Waals surface area contributed by atoms with Crippen molar-refractivity contribution in [3.8, 4) is 22.8 Å². The monoisotopic (exact) mass is 436 g/mol. The molecule has 0 unspecified atom stereocenters. The van der Waals surface area contributed by atoms with Gasteiger partial charge in [0.1, 0.15) is 17.1 Å². The molecule has 0 saturated heterocycles. The van der Waals surface area contributed by atoms with E-state index in [1.807, 2.05) is 30.3 Å². The maximum Gasteiger partial charge on any atom is 0.278 e. The molecule has 5 rings (SSSR count). The standard InChI is InChI=1S/C26H20N4O3/c31-21-12-8-19(9-13-21)24-16-30-25(22(27-24)14-17-4-2-1-3-5-17)28-23(26(30)32)15-18-6-10-20(29-33)11-7-18/h1-13,16,27,31H,14-15H2. The third-order valence-corrected chi connectivity index (χ3v) is 5.56. The SMILES string of the molecule is O=Nc1ccc(Cc2nc3c(Cc4ccccc4)[nH]c(-c4ccc(O)cc4)cn-3c2=O)cc1. The van der Waals surface area contributed by atoms with Gasteiger partial charge in [-0.2, -0.15) is 0 Å². The van der Waals surface area contributed by atoms with Crippen molar-refractivity contribution < 1.29 is 5.11 Å². The molecule has 0 fully saturated rings. The summed E-state index contributed by atoms with van der Waals surface area (Å²) in [7, 11) is 0. The molecule has 0 saturated carbocycles. The molecule has 2 heterocycles. The van der Waals surface area contributed by atoms with Gasteiger partial charge in [-0.1, -0.05) is 42.5 Å². The molecule has 3 aromatic rings. The van der Waals surface area contributed by atoms with Crippen LogP contribution in [-0.2, 0) is 12.8 Å². The van der Waals surface area contributed by atoms with E-state index in [0.717, 1.165) is 28.1 Å². The van der Waals surface area contributed by atoms with Crippen LogP contribution in [0.2, 0.25) is 0 Å². The van der Waals surface area contributed by atoms with E-state index in [0.29, 0.717) is 30.0 Å². The molecule has 0 bridgehead atoms. The van der Waals surface area contributed by atoms with E-state index in [1.54, 1.807) is 59.3 Å². The Balaban J connectivity index is 1.62. The molecule has 2 aliphatic rings. The lowest BCUT2D eigenvalue weighted by molar-refractivity contribution is 0.475. The maximum atomic E-state index is 13.3. The molecule has 0 radical (unpaired) electrons. The van der Waals surface area contributed by atoms with Crippen LogP contribution < -0.4 is 5.56 Å². The first-order chi connectivity index (χ1) is 16.1. The number of phenols is 1. The fourth-order valence-electron chi connectivity index (χ4n) is 3.87. The van der Waals surface area contributed by atoms with Crippen LogP contribution in [0.5, 0.6) is 5.75 Å². The Hall–Kier alpha value is -4.52. The minimum atomic E-state index is -0.189. The highest BCUT2D eigenvalue weighted by molar-refractivity contribution is 5.61. The zero-order chi connectivity index (χ0) is 22.8. The zero-order valence-electron chi connectivity index (χ0n) is 17.6. The predicted molar refractivity (Wildman–Crippen MR) is 126 cm³/mol. The first-order valence-corrected chi connectivity index (χ1v) is 10.5. The molecule has 0 aliphatic carbocycles. The van der Waals surface area contributed by atoms with Crippen molar-refractivity contribution in [2.24, 2.45) is 5.18 Å². The maximum absolute atomic E-state index is 13.3. The third-order valence-electron chi connectivity index (χ3n) is 5.56. The Morgan fingerprint density at radius 3 is 2.27 bits per heavy atom. The molecular weight excluding hydrogens is 416 g/mol. The van der Waals surface area contributed by atoms with Crippen LogP contribution in [0.15, 0.2) is 95.0 Å². The van der Waals surface area contributed by atoms with Crippen molar-refractivity contribution in [1.29, 1.82) is 0 Å². The van der Waals surface area contributed by atoms with E-state index >= 15 is 0 Å². The number of nitrogens with zero attached hydrogens (tertiary/aromatic N) is 3. The fourth-order valence-corrected chi connectivity index (χ4v) is 3.87. The van der Waals surface area contributed by atoms with Gasteiger partial charge in [-0.15, -0.1) is 4.91 Å².